The second-order valence-electron chi connectivity index (χ2n) is 6.04. The van der Waals surface area contributed by atoms with Gasteiger partial charge in [0.25, 0.3) is 5.56 Å². The Morgan fingerprint density at radius 2 is 2.10 bits per heavy atom. The van der Waals surface area contributed by atoms with Crippen molar-refractivity contribution >= 4 is 17.3 Å². The van der Waals surface area contributed by atoms with Crippen LogP contribution in [0.2, 0.25) is 5.02 Å². The van der Waals surface area contributed by atoms with Crippen LogP contribution >= 0.6 is 11.6 Å². The first-order valence-corrected chi connectivity index (χ1v) is 8.31. The molecule has 1 N–H and O–H groups in total. The van der Waals surface area contributed by atoms with Crippen LogP contribution in [-0.2, 0) is 6.54 Å². The van der Waals surface area contributed by atoms with Crippen molar-refractivity contribution < 1.29 is 0 Å². The Balaban J connectivity index is 1.83. The lowest BCUT2D eigenvalue weighted by Crippen LogP contribution is -2.38. The SMILES string of the molecule is CCn1ncc(N(CC2CCNCC2)C2CC2)c(Cl)c1=O. The van der Waals surface area contributed by atoms with Gasteiger partial charge in [-0.05, 0) is 51.6 Å². The van der Waals surface area contributed by atoms with Crippen molar-refractivity contribution in [2.45, 2.75) is 45.2 Å². The van der Waals surface area contributed by atoms with E-state index in [1.807, 2.05) is 6.92 Å². The molecule has 2 aliphatic rings. The largest absolute Gasteiger partial charge is 0.366 e. The molecule has 2 heterocycles. The molecular formula is C15H23ClN4O. The van der Waals surface area contributed by atoms with E-state index >= 15 is 0 Å². The number of hydrogen-bond donors (Lipinski definition) is 1. The Morgan fingerprint density at radius 1 is 1.38 bits per heavy atom. The molecule has 6 heteroatoms. The van der Waals surface area contributed by atoms with E-state index in [4.69, 9.17) is 11.6 Å². The van der Waals surface area contributed by atoms with Gasteiger partial charge >= 0.3 is 0 Å². The highest BCUT2D eigenvalue weighted by Crippen LogP contribution is 2.35. The summed E-state index contributed by atoms with van der Waals surface area (Å²) in [5.74, 6) is 0.677. The van der Waals surface area contributed by atoms with Crippen molar-refractivity contribution in [3.8, 4) is 0 Å². The molecule has 0 radical (unpaired) electrons. The summed E-state index contributed by atoms with van der Waals surface area (Å²) in [6.07, 6.45) is 6.55. The minimum Gasteiger partial charge on any atom is -0.366 e. The van der Waals surface area contributed by atoms with E-state index in [-0.39, 0.29) is 5.56 Å². The van der Waals surface area contributed by atoms with Crippen molar-refractivity contribution in [1.82, 2.24) is 15.1 Å². The lowest BCUT2D eigenvalue weighted by molar-refractivity contribution is 0.372. The molecule has 0 amide bonds. The number of nitrogens with zero attached hydrogens (tertiary/aromatic N) is 3. The Kier molecular flexibility index (Phi) is 4.50. The van der Waals surface area contributed by atoms with E-state index in [9.17, 15) is 4.79 Å². The summed E-state index contributed by atoms with van der Waals surface area (Å²) in [5.41, 5.74) is 0.653. The van der Waals surface area contributed by atoms with Gasteiger partial charge in [0.2, 0.25) is 0 Å². The summed E-state index contributed by atoms with van der Waals surface area (Å²) in [6, 6.07) is 0.538. The van der Waals surface area contributed by atoms with Gasteiger partial charge in [-0.15, -0.1) is 0 Å². The molecule has 1 aliphatic carbocycles. The second-order valence-corrected chi connectivity index (χ2v) is 6.42. The molecule has 1 aromatic rings. The van der Waals surface area contributed by atoms with Crippen molar-refractivity contribution in [3.05, 3.63) is 21.6 Å². The topological polar surface area (TPSA) is 50.2 Å². The zero-order valence-electron chi connectivity index (χ0n) is 12.5. The van der Waals surface area contributed by atoms with Gasteiger partial charge in [0.1, 0.15) is 5.02 Å². The molecule has 116 valence electrons. The number of rotatable bonds is 5. The van der Waals surface area contributed by atoms with E-state index in [0.717, 1.165) is 25.3 Å². The predicted molar refractivity (Wildman–Crippen MR) is 85.1 cm³/mol. The maximum atomic E-state index is 12.2. The molecule has 1 aromatic heterocycles. The third-order valence-corrected chi connectivity index (χ3v) is 4.83. The summed E-state index contributed by atoms with van der Waals surface area (Å²) in [4.78, 5) is 14.5. The fourth-order valence-corrected chi connectivity index (χ4v) is 3.31. The molecule has 0 spiro atoms. The Hall–Kier alpha value is -1.07. The molecule has 0 unspecified atom stereocenters. The molecule has 1 saturated carbocycles. The molecule has 21 heavy (non-hydrogen) atoms. The molecule has 0 atom stereocenters. The number of anilines is 1. The summed E-state index contributed by atoms with van der Waals surface area (Å²) in [7, 11) is 0. The number of nitrogens with one attached hydrogen (secondary N) is 1. The molecule has 3 rings (SSSR count). The standard InChI is InChI=1S/C15H23ClN4O/c1-2-20-15(21)14(16)13(9-18-20)19(12-3-4-12)10-11-5-7-17-8-6-11/h9,11-12,17H,2-8,10H2,1H3. The lowest BCUT2D eigenvalue weighted by Gasteiger charge is -2.32. The summed E-state index contributed by atoms with van der Waals surface area (Å²) < 4.78 is 1.42. The van der Waals surface area contributed by atoms with Crippen LogP contribution in [0.5, 0.6) is 0 Å². The van der Waals surface area contributed by atoms with Crippen molar-refractivity contribution in [1.29, 1.82) is 0 Å². The van der Waals surface area contributed by atoms with Crippen molar-refractivity contribution in [3.63, 3.8) is 0 Å². The zero-order chi connectivity index (χ0) is 14.8. The summed E-state index contributed by atoms with van der Waals surface area (Å²) in [6.45, 7) is 5.62. The molecular weight excluding hydrogens is 288 g/mol. The average Bonchev–Trinajstić information content (AvgIpc) is 3.34. The van der Waals surface area contributed by atoms with Crippen LogP contribution in [-0.4, -0.2) is 35.5 Å². The Morgan fingerprint density at radius 3 is 2.71 bits per heavy atom. The van der Waals surface area contributed by atoms with Gasteiger partial charge in [-0.25, -0.2) is 4.68 Å². The van der Waals surface area contributed by atoms with Crippen LogP contribution < -0.4 is 15.8 Å². The minimum absolute atomic E-state index is 0.173. The van der Waals surface area contributed by atoms with Crippen molar-refractivity contribution in [2.24, 2.45) is 5.92 Å². The number of hydrogen-bond acceptors (Lipinski definition) is 4. The van der Waals surface area contributed by atoms with E-state index in [0.29, 0.717) is 23.5 Å². The molecule has 1 saturated heterocycles. The van der Waals surface area contributed by atoms with Crippen LogP contribution in [0.15, 0.2) is 11.0 Å². The van der Waals surface area contributed by atoms with Crippen molar-refractivity contribution in [2.75, 3.05) is 24.5 Å². The van der Waals surface area contributed by atoms with E-state index in [2.05, 4.69) is 15.3 Å². The van der Waals surface area contributed by atoms with Crippen LogP contribution in [0.3, 0.4) is 0 Å². The maximum Gasteiger partial charge on any atom is 0.287 e. The van der Waals surface area contributed by atoms with E-state index < -0.39 is 0 Å². The number of halogens is 1. The lowest BCUT2D eigenvalue weighted by atomic mass is 9.97. The van der Waals surface area contributed by atoms with Gasteiger partial charge in [0.15, 0.2) is 0 Å². The minimum atomic E-state index is -0.173. The Labute approximate surface area is 130 Å². The van der Waals surface area contributed by atoms with Gasteiger partial charge in [0, 0.05) is 19.1 Å². The fourth-order valence-electron chi connectivity index (χ4n) is 3.05. The van der Waals surface area contributed by atoms with Crippen LogP contribution in [0.25, 0.3) is 0 Å². The number of aryl methyl sites for hydroxylation is 1. The molecule has 0 aromatic carbocycles. The monoisotopic (exact) mass is 310 g/mol. The van der Waals surface area contributed by atoms with Crippen LogP contribution in [0.1, 0.15) is 32.6 Å². The highest BCUT2D eigenvalue weighted by atomic mass is 35.5. The number of aromatic nitrogens is 2. The molecule has 1 aliphatic heterocycles. The Bertz CT molecular complexity index is 549. The van der Waals surface area contributed by atoms with E-state index in [1.54, 1.807) is 6.20 Å². The van der Waals surface area contributed by atoms with Crippen LogP contribution in [0.4, 0.5) is 5.69 Å². The molecule has 0 bridgehead atoms. The van der Waals surface area contributed by atoms with Gasteiger partial charge in [-0.2, -0.15) is 5.10 Å². The van der Waals surface area contributed by atoms with E-state index in [1.165, 1.54) is 30.4 Å². The van der Waals surface area contributed by atoms with Crippen LogP contribution in [0, 0.1) is 5.92 Å². The number of piperidine rings is 1. The highest BCUT2D eigenvalue weighted by molar-refractivity contribution is 6.33. The third kappa shape index (κ3) is 3.24. The normalized spacial score (nSPS) is 19.7. The molecule has 2 fully saturated rings. The smallest absolute Gasteiger partial charge is 0.287 e. The first kappa shape index (κ1) is 14.9. The zero-order valence-corrected chi connectivity index (χ0v) is 13.3. The van der Waals surface area contributed by atoms with Gasteiger partial charge in [0.05, 0.1) is 11.9 Å². The summed E-state index contributed by atoms with van der Waals surface area (Å²) >= 11 is 6.33. The summed E-state index contributed by atoms with van der Waals surface area (Å²) in [5, 5.41) is 7.97. The molecule has 5 nitrogen and oxygen atoms in total. The predicted octanol–water partition coefficient (Wildman–Crippen LogP) is 1.88. The van der Waals surface area contributed by atoms with Gasteiger partial charge in [-0.3, -0.25) is 4.79 Å². The maximum absolute atomic E-state index is 12.2. The fraction of sp³-hybridized carbons (Fsp3) is 0.733. The second kappa shape index (κ2) is 6.36. The van der Waals surface area contributed by atoms with Gasteiger partial charge in [-0.1, -0.05) is 11.6 Å². The highest BCUT2D eigenvalue weighted by Gasteiger charge is 2.33. The average molecular weight is 311 g/mol. The first-order chi connectivity index (χ1) is 10.2. The van der Waals surface area contributed by atoms with Gasteiger partial charge < -0.3 is 10.2 Å². The quantitative estimate of drug-likeness (QED) is 0.902. The first-order valence-electron chi connectivity index (χ1n) is 7.93. The third-order valence-electron chi connectivity index (χ3n) is 4.48.